The number of likely N-dealkylation sites (tertiary alicyclic amines) is 1. The number of aryl methyl sites for hydroxylation is 2. The van der Waals surface area contributed by atoms with Crippen LogP contribution in [0.15, 0.2) is 58.7 Å². The predicted octanol–water partition coefficient (Wildman–Crippen LogP) is 5.47. The Morgan fingerprint density at radius 3 is 2.61 bits per heavy atom. The number of hydrogen-bond donors (Lipinski definition) is 1. The number of halogens is 1. The van der Waals surface area contributed by atoms with Crippen molar-refractivity contribution in [1.82, 2.24) is 9.47 Å². The number of fused-ring (bicyclic) bond motifs is 1. The molecule has 6 heteroatoms. The quantitative estimate of drug-likeness (QED) is 0.299. The lowest BCUT2D eigenvalue weighted by Gasteiger charge is -2.24. The van der Waals surface area contributed by atoms with E-state index in [9.17, 15) is 14.7 Å². The van der Waals surface area contributed by atoms with E-state index in [4.69, 9.17) is 0 Å². The number of amides is 1. The van der Waals surface area contributed by atoms with E-state index in [1.807, 2.05) is 68.1 Å². The van der Waals surface area contributed by atoms with Crippen LogP contribution in [-0.2, 0) is 16.6 Å². The second-order valence-electron chi connectivity index (χ2n) is 8.02. The summed E-state index contributed by atoms with van der Waals surface area (Å²) in [6.07, 6.45) is 3.64. The minimum absolute atomic E-state index is 0.133. The fourth-order valence-electron chi connectivity index (χ4n) is 4.30. The zero-order valence-electron chi connectivity index (χ0n) is 17.9. The molecule has 1 aliphatic rings. The largest absolute Gasteiger partial charge is 0.507 e. The van der Waals surface area contributed by atoms with E-state index in [-0.39, 0.29) is 11.3 Å². The van der Waals surface area contributed by atoms with E-state index in [1.54, 1.807) is 11.0 Å². The molecule has 2 heterocycles. The lowest BCUT2D eigenvalue weighted by Crippen LogP contribution is -2.30. The van der Waals surface area contributed by atoms with Crippen LogP contribution in [-0.4, -0.2) is 32.8 Å². The van der Waals surface area contributed by atoms with Crippen LogP contribution in [0.5, 0.6) is 0 Å². The van der Waals surface area contributed by atoms with Gasteiger partial charge < -0.3 is 14.6 Å². The van der Waals surface area contributed by atoms with Gasteiger partial charge in [0.15, 0.2) is 0 Å². The number of aliphatic hydroxyl groups excluding tert-OH is 1. The third kappa shape index (κ3) is 3.59. The van der Waals surface area contributed by atoms with Gasteiger partial charge >= 0.3 is 0 Å². The highest BCUT2D eigenvalue weighted by molar-refractivity contribution is 9.10. The van der Waals surface area contributed by atoms with Crippen LogP contribution in [0.2, 0.25) is 0 Å². The molecular formula is C25H25BrN2O3. The van der Waals surface area contributed by atoms with Crippen molar-refractivity contribution >= 4 is 44.3 Å². The Balaban J connectivity index is 1.96. The Hall–Kier alpha value is -2.86. The molecule has 5 nitrogen and oxygen atoms in total. The smallest absolute Gasteiger partial charge is 0.295 e. The second kappa shape index (κ2) is 8.35. The standard InChI is InChI=1S/C25H25BrN2O3/c1-4-5-12-28-22(18-14-27(3)20-9-7-6-8-17(18)20)21(24(30)25(28)31)23(29)16-10-11-19(26)15(2)13-16/h6-11,13-14,22,29H,4-5,12H2,1-3H3/b23-21+. The Labute approximate surface area is 190 Å². The van der Waals surface area contributed by atoms with Gasteiger partial charge in [-0.3, -0.25) is 9.59 Å². The van der Waals surface area contributed by atoms with Gasteiger partial charge in [-0.2, -0.15) is 0 Å². The molecule has 1 unspecified atom stereocenters. The number of aliphatic hydroxyl groups is 1. The number of benzene rings is 2. The first-order chi connectivity index (χ1) is 14.8. The molecule has 0 radical (unpaired) electrons. The molecule has 1 N–H and O–H groups in total. The number of carbonyl (C=O) groups excluding carboxylic acids is 2. The molecule has 1 amide bonds. The van der Waals surface area contributed by atoms with Gasteiger partial charge in [0, 0.05) is 46.3 Å². The fraction of sp³-hybridized carbons (Fsp3) is 0.280. The van der Waals surface area contributed by atoms with Crippen LogP contribution in [0.4, 0.5) is 0 Å². The van der Waals surface area contributed by atoms with Gasteiger partial charge in [0.1, 0.15) is 5.76 Å². The lowest BCUT2D eigenvalue weighted by atomic mass is 9.94. The topological polar surface area (TPSA) is 62.5 Å². The van der Waals surface area contributed by atoms with E-state index in [2.05, 4.69) is 15.9 Å². The van der Waals surface area contributed by atoms with Crippen molar-refractivity contribution < 1.29 is 14.7 Å². The van der Waals surface area contributed by atoms with Crippen molar-refractivity contribution in [3.8, 4) is 0 Å². The minimum atomic E-state index is -0.632. The maximum atomic E-state index is 13.1. The molecule has 1 atom stereocenters. The van der Waals surface area contributed by atoms with Crippen LogP contribution < -0.4 is 0 Å². The molecule has 0 aliphatic carbocycles. The normalized spacial score (nSPS) is 18.3. The van der Waals surface area contributed by atoms with Gasteiger partial charge in [-0.1, -0.05) is 53.5 Å². The number of hydrogen-bond acceptors (Lipinski definition) is 3. The lowest BCUT2D eigenvalue weighted by molar-refractivity contribution is -0.139. The highest BCUT2D eigenvalue weighted by atomic mass is 79.9. The summed E-state index contributed by atoms with van der Waals surface area (Å²) < 4.78 is 2.91. The highest BCUT2D eigenvalue weighted by Gasteiger charge is 2.46. The van der Waals surface area contributed by atoms with Crippen LogP contribution >= 0.6 is 15.9 Å². The summed E-state index contributed by atoms with van der Waals surface area (Å²) in [6, 6.07) is 12.7. The molecule has 2 aromatic carbocycles. The summed E-state index contributed by atoms with van der Waals surface area (Å²) in [5, 5.41) is 12.2. The molecule has 0 bridgehead atoms. The van der Waals surface area contributed by atoms with Gasteiger partial charge in [-0.15, -0.1) is 0 Å². The highest BCUT2D eigenvalue weighted by Crippen LogP contribution is 2.42. The Bertz CT molecular complexity index is 1220. The maximum Gasteiger partial charge on any atom is 0.295 e. The first-order valence-corrected chi connectivity index (χ1v) is 11.2. The molecule has 0 spiro atoms. The van der Waals surface area contributed by atoms with E-state index in [0.29, 0.717) is 12.1 Å². The number of unbranched alkanes of at least 4 members (excludes halogenated alkanes) is 1. The molecule has 160 valence electrons. The third-order valence-electron chi connectivity index (χ3n) is 5.95. The van der Waals surface area contributed by atoms with Crippen molar-refractivity contribution in [3.05, 3.63) is 75.4 Å². The van der Waals surface area contributed by atoms with Crippen LogP contribution in [0.1, 0.15) is 42.5 Å². The summed E-state index contributed by atoms with van der Waals surface area (Å²) >= 11 is 3.47. The zero-order valence-corrected chi connectivity index (χ0v) is 19.4. The Morgan fingerprint density at radius 2 is 1.90 bits per heavy atom. The SMILES string of the molecule is CCCCN1C(=O)C(=O)/C(=C(/O)c2ccc(Br)c(C)c2)C1c1cn(C)c2ccccc12. The molecular weight excluding hydrogens is 456 g/mol. The number of nitrogens with zero attached hydrogens (tertiary/aromatic N) is 2. The van der Waals surface area contributed by atoms with E-state index in [0.717, 1.165) is 39.3 Å². The van der Waals surface area contributed by atoms with Crippen LogP contribution in [0.3, 0.4) is 0 Å². The summed E-state index contributed by atoms with van der Waals surface area (Å²) in [4.78, 5) is 27.8. The van der Waals surface area contributed by atoms with Gasteiger partial charge in [-0.25, -0.2) is 0 Å². The van der Waals surface area contributed by atoms with Gasteiger partial charge in [-0.05, 0) is 37.1 Å². The van der Waals surface area contributed by atoms with E-state index in [1.165, 1.54) is 0 Å². The molecule has 1 fully saturated rings. The molecule has 31 heavy (non-hydrogen) atoms. The first kappa shape index (κ1) is 21.4. The summed E-state index contributed by atoms with van der Waals surface area (Å²) in [6.45, 7) is 4.43. The van der Waals surface area contributed by atoms with E-state index < -0.39 is 17.7 Å². The number of carbonyl (C=O) groups is 2. The van der Waals surface area contributed by atoms with Crippen molar-refractivity contribution in [1.29, 1.82) is 0 Å². The minimum Gasteiger partial charge on any atom is -0.507 e. The average molecular weight is 481 g/mol. The number of rotatable bonds is 5. The monoisotopic (exact) mass is 480 g/mol. The van der Waals surface area contributed by atoms with Crippen molar-refractivity contribution in [3.63, 3.8) is 0 Å². The van der Waals surface area contributed by atoms with Gasteiger partial charge in [0.25, 0.3) is 11.7 Å². The van der Waals surface area contributed by atoms with Gasteiger partial charge in [0.05, 0.1) is 11.6 Å². The average Bonchev–Trinajstić information content (AvgIpc) is 3.22. The van der Waals surface area contributed by atoms with Crippen molar-refractivity contribution in [2.24, 2.45) is 7.05 Å². The Kier molecular flexibility index (Phi) is 5.75. The summed E-state index contributed by atoms with van der Waals surface area (Å²) in [5.74, 6) is -1.32. The number of ketones is 1. The van der Waals surface area contributed by atoms with Crippen LogP contribution in [0.25, 0.3) is 16.7 Å². The third-order valence-corrected chi connectivity index (χ3v) is 6.84. The molecule has 1 aromatic heterocycles. The van der Waals surface area contributed by atoms with Gasteiger partial charge in [0.2, 0.25) is 0 Å². The van der Waals surface area contributed by atoms with Crippen molar-refractivity contribution in [2.75, 3.05) is 6.54 Å². The molecule has 4 rings (SSSR count). The molecule has 1 aliphatic heterocycles. The Morgan fingerprint density at radius 1 is 1.16 bits per heavy atom. The summed E-state index contributed by atoms with van der Waals surface area (Å²) in [7, 11) is 1.95. The zero-order chi connectivity index (χ0) is 22.3. The fourth-order valence-corrected chi connectivity index (χ4v) is 4.55. The number of para-hydroxylation sites is 1. The number of Topliss-reactive ketones (excluding diaryl/α,β-unsaturated/α-hetero) is 1. The predicted molar refractivity (Wildman–Crippen MR) is 126 cm³/mol. The summed E-state index contributed by atoms with van der Waals surface area (Å²) in [5.41, 5.74) is 3.48. The maximum absolute atomic E-state index is 13.1. The van der Waals surface area contributed by atoms with Crippen molar-refractivity contribution in [2.45, 2.75) is 32.7 Å². The second-order valence-corrected chi connectivity index (χ2v) is 8.88. The van der Waals surface area contributed by atoms with Crippen LogP contribution in [0, 0.1) is 6.92 Å². The molecule has 3 aromatic rings. The van der Waals surface area contributed by atoms with E-state index >= 15 is 0 Å². The number of aromatic nitrogens is 1. The molecule has 1 saturated heterocycles. The first-order valence-electron chi connectivity index (χ1n) is 10.4. The molecule has 0 saturated carbocycles.